The second-order valence-electron chi connectivity index (χ2n) is 8.82. The van der Waals surface area contributed by atoms with Crippen LogP contribution in [0.1, 0.15) is 71.6 Å². The Hall–Kier alpha value is -0.660. The Bertz CT molecular complexity index is 496. The van der Waals surface area contributed by atoms with Gasteiger partial charge < -0.3 is 0 Å². The van der Waals surface area contributed by atoms with Gasteiger partial charge in [-0.2, -0.15) is 0 Å². The van der Waals surface area contributed by atoms with Crippen LogP contribution in [-0.4, -0.2) is 11.6 Å². The number of fused-ring (bicyclic) bond motifs is 5. The molecule has 0 aromatic rings. The largest absolute Gasteiger partial charge is 0.300 e. The van der Waals surface area contributed by atoms with Gasteiger partial charge in [-0.1, -0.05) is 13.8 Å². The number of hydrogen-bond donors (Lipinski definition) is 0. The van der Waals surface area contributed by atoms with Crippen molar-refractivity contribution in [2.75, 3.05) is 0 Å². The smallest absolute Gasteiger partial charge is 0.139 e. The van der Waals surface area contributed by atoms with Crippen LogP contribution in [0.15, 0.2) is 0 Å². The highest BCUT2D eigenvalue weighted by molar-refractivity contribution is 5.87. The summed E-state index contributed by atoms with van der Waals surface area (Å²) in [6.45, 7) is 4.72. The molecule has 4 fully saturated rings. The van der Waals surface area contributed by atoms with Crippen molar-refractivity contribution >= 4 is 11.6 Å². The van der Waals surface area contributed by atoms with Crippen molar-refractivity contribution in [3.63, 3.8) is 0 Å². The summed E-state index contributed by atoms with van der Waals surface area (Å²) < 4.78 is 0. The lowest BCUT2D eigenvalue weighted by molar-refractivity contribution is -0.144. The summed E-state index contributed by atoms with van der Waals surface area (Å²) in [5, 5.41) is 0. The minimum absolute atomic E-state index is 0.00511. The molecule has 2 heteroatoms. The predicted molar refractivity (Wildman–Crippen MR) is 81.7 cm³/mol. The average molecular weight is 288 g/mol. The molecule has 4 saturated carbocycles. The Kier molecular flexibility index (Phi) is 2.94. The molecule has 4 aliphatic rings. The van der Waals surface area contributed by atoms with E-state index in [0.29, 0.717) is 28.8 Å². The molecule has 0 saturated heterocycles. The van der Waals surface area contributed by atoms with Gasteiger partial charge in [-0.3, -0.25) is 9.59 Å². The van der Waals surface area contributed by atoms with Gasteiger partial charge in [-0.05, 0) is 67.6 Å². The number of ketones is 2. The van der Waals surface area contributed by atoms with Crippen molar-refractivity contribution in [1.29, 1.82) is 0 Å². The molecule has 116 valence electrons. The van der Waals surface area contributed by atoms with Crippen molar-refractivity contribution < 1.29 is 9.59 Å². The standard InChI is InChI=1S/C19H28O2/c1-18-9-7-13(20)11-12(18)3-4-14-15-5-6-17(21)19(15,2)10-8-16(14)18/h12,14-16H,3-11H2,1-2H3/t12-,14-,15-,16-,18-,19-/m1/s1. The third kappa shape index (κ3) is 1.77. The Morgan fingerprint density at radius 2 is 1.71 bits per heavy atom. The highest BCUT2D eigenvalue weighted by atomic mass is 16.1. The minimum Gasteiger partial charge on any atom is -0.300 e. The summed E-state index contributed by atoms with van der Waals surface area (Å²) in [7, 11) is 0. The quantitative estimate of drug-likeness (QED) is 0.670. The molecule has 0 aromatic heterocycles. The van der Waals surface area contributed by atoms with E-state index in [9.17, 15) is 9.59 Å². The van der Waals surface area contributed by atoms with E-state index in [2.05, 4.69) is 13.8 Å². The first-order chi connectivity index (χ1) is 9.95. The number of rotatable bonds is 0. The molecule has 0 N–H and O–H groups in total. The molecule has 4 aliphatic carbocycles. The van der Waals surface area contributed by atoms with Gasteiger partial charge in [0.1, 0.15) is 11.6 Å². The lowest BCUT2D eigenvalue weighted by Crippen LogP contribution is -2.53. The van der Waals surface area contributed by atoms with Crippen LogP contribution < -0.4 is 0 Å². The zero-order valence-electron chi connectivity index (χ0n) is 13.5. The third-order valence-electron chi connectivity index (χ3n) is 8.19. The summed E-state index contributed by atoms with van der Waals surface area (Å²) in [5.41, 5.74) is 0.374. The van der Waals surface area contributed by atoms with E-state index in [1.807, 2.05) is 0 Å². The summed E-state index contributed by atoms with van der Waals surface area (Å²) in [6.07, 6.45) is 9.53. The fraction of sp³-hybridized carbons (Fsp3) is 0.895. The molecular formula is C19H28O2. The Labute approximate surface area is 128 Å². The van der Waals surface area contributed by atoms with Crippen LogP contribution in [0.4, 0.5) is 0 Å². The zero-order chi connectivity index (χ0) is 14.8. The van der Waals surface area contributed by atoms with E-state index < -0.39 is 0 Å². The topological polar surface area (TPSA) is 34.1 Å². The SMILES string of the molecule is C[C@@]12CCC(=O)C[C@H]1CC[C@H]1[C@H]2CC[C@@]2(C)C(=O)CC[C@H]12. The maximum atomic E-state index is 12.4. The molecule has 0 bridgehead atoms. The van der Waals surface area contributed by atoms with Crippen LogP contribution >= 0.6 is 0 Å². The third-order valence-corrected chi connectivity index (χ3v) is 8.19. The Morgan fingerprint density at radius 1 is 0.905 bits per heavy atom. The highest BCUT2D eigenvalue weighted by Crippen LogP contribution is 2.65. The van der Waals surface area contributed by atoms with Gasteiger partial charge in [0.15, 0.2) is 0 Å². The van der Waals surface area contributed by atoms with Crippen LogP contribution in [0, 0.1) is 34.5 Å². The second kappa shape index (κ2) is 4.43. The van der Waals surface area contributed by atoms with Gasteiger partial charge in [-0.25, -0.2) is 0 Å². The molecular weight excluding hydrogens is 260 g/mol. The Morgan fingerprint density at radius 3 is 2.52 bits per heavy atom. The molecule has 0 spiro atoms. The summed E-state index contributed by atoms with van der Waals surface area (Å²) >= 11 is 0. The first kappa shape index (κ1) is 14.0. The number of hydrogen-bond acceptors (Lipinski definition) is 2. The van der Waals surface area contributed by atoms with Crippen LogP contribution in [0.5, 0.6) is 0 Å². The van der Waals surface area contributed by atoms with Gasteiger partial charge in [0.2, 0.25) is 0 Å². The molecule has 0 aliphatic heterocycles. The van der Waals surface area contributed by atoms with E-state index in [4.69, 9.17) is 0 Å². The number of Topliss-reactive ketones (excluding diaryl/α,β-unsaturated/α-hetero) is 2. The summed E-state index contributed by atoms with van der Waals surface area (Å²) in [6, 6.07) is 0. The van der Waals surface area contributed by atoms with Crippen LogP contribution in [0.25, 0.3) is 0 Å². The van der Waals surface area contributed by atoms with Crippen LogP contribution in [0.2, 0.25) is 0 Å². The predicted octanol–water partition coefficient (Wildman–Crippen LogP) is 4.17. The van der Waals surface area contributed by atoms with Crippen LogP contribution in [0.3, 0.4) is 0 Å². The second-order valence-corrected chi connectivity index (χ2v) is 8.82. The molecule has 0 amide bonds. The van der Waals surface area contributed by atoms with Crippen molar-refractivity contribution in [2.24, 2.45) is 34.5 Å². The first-order valence-electron chi connectivity index (χ1n) is 9.00. The van der Waals surface area contributed by atoms with Gasteiger partial charge in [-0.15, -0.1) is 0 Å². The molecule has 0 radical (unpaired) electrons. The summed E-state index contributed by atoms with van der Waals surface area (Å²) in [4.78, 5) is 24.2. The minimum atomic E-state index is -0.00511. The molecule has 21 heavy (non-hydrogen) atoms. The van der Waals surface area contributed by atoms with Crippen molar-refractivity contribution in [3.05, 3.63) is 0 Å². The monoisotopic (exact) mass is 288 g/mol. The molecule has 2 nitrogen and oxygen atoms in total. The molecule has 6 atom stereocenters. The fourth-order valence-corrected chi connectivity index (χ4v) is 6.82. The van der Waals surface area contributed by atoms with Crippen molar-refractivity contribution in [2.45, 2.75) is 71.6 Å². The van der Waals surface area contributed by atoms with Gasteiger partial charge >= 0.3 is 0 Å². The van der Waals surface area contributed by atoms with Gasteiger partial charge in [0, 0.05) is 24.7 Å². The van der Waals surface area contributed by atoms with Gasteiger partial charge in [0.25, 0.3) is 0 Å². The molecule has 4 rings (SSSR count). The lowest BCUT2D eigenvalue weighted by Gasteiger charge is -2.59. The maximum Gasteiger partial charge on any atom is 0.139 e. The maximum absolute atomic E-state index is 12.4. The van der Waals surface area contributed by atoms with E-state index in [1.165, 1.54) is 19.3 Å². The van der Waals surface area contributed by atoms with Crippen molar-refractivity contribution in [3.8, 4) is 0 Å². The van der Waals surface area contributed by atoms with Crippen LogP contribution in [-0.2, 0) is 9.59 Å². The van der Waals surface area contributed by atoms with Crippen molar-refractivity contribution in [1.82, 2.24) is 0 Å². The normalized spacial score (nSPS) is 53.0. The zero-order valence-corrected chi connectivity index (χ0v) is 13.5. The fourth-order valence-electron chi connectivity index (χ4n) is 6.82. The average Bonchev–Trinajstić information content (AvgIpc) is 2.76. The Balaban J connectivity index is 1.65. The number of carbonyl (C=O) groups excluding carboxylic acids is 2. The molecule has 0 aromatic carbocycles. The van der Waals surface area contributed by atoms with E-state index >= 15 is 0 Å². The molecule has 0 heterocycles. The van der Waals surface area contributed by atoms with E-state index in [-0.39, 0.29) is 5.41 Å². The summed E-state index contributed by atoms with van der Waals surface area (Å²) in [5.74, 6) is 3.82. The first-order valence-corrected chi connectivity index (χ1v) is 9.00. The number of carbonyl (C=O) groups is 2. The van der Waals surface area contributed by atoms with Gasteiger partial charge in [0.05, 0.1) is 0 Å². The lowest BCUT2D eigenvalue weighted by atomic mass is 9.45. The van der Waals surface area contributed by atoms with E-state index in [1.54, 1.807) is 0 Å². The van der Waals surface area contributed by atoms with E-state index in [0.717, 1.165) is 50.4 Å². The molecule has 0 unspecified atom stereocenters. The highest BCUT2D eigenvalue weighted by Gasteiger charge is 2.60.